The van der Waals surface area contributed by atoms with Crippen molar-refractivity contribution in [2.75, 3.05) is 10.2 Å². The summed E-state index contributed by atoms with van der Waals surface area (Å²) >= 11 is 0. The van der Waals surface area contributed by atoms with Gasteiger partial charge in [0, 0.05) is 5.69 Å². The van der Waals surface area contributed by atoms with Crippen molar-refractivity contribution in [2.45, 2.75) is 26.1 Å². The summed E-state index contributed by atoms with van der Waals surface area (Å²) in [5.41, 5.74) is 0.145. The summed E-state index contributed by atoms with van der Waals surface area (Å²) in [6.45, 7) is 3.01. The van der Waals surface area contributed by atoms with E-state index in [0.29, 0.717) is 11.3 Å². The molecule has 1 unspecified atom stereocenters. The molecule has 4 rings (SSSR count). The molecule has 3 aromatic carbocycles. The van der Waals surface area contributed by atoms with Gasteiger partial charge in [-0.15, -0.1) is 0 Å². The molecule has 0 radical (unpaired) electrons. The maximum Gasteiger partial charge on any atom is 0.416 e. The molecule has 0 aliphatic carbocycles. The minimum absolute atomic E-state index is 0.0128. The number of ether oxygens (including phenoxy) is 1. The van der Waals surface area contributed by atoms with E-state index in [1.165, 1.54) is 31.2 Å². The Balaban J connectivity index is 1.47. The average molecular weight is 496 g/mol. The van der Waals surface area contributed by atoms with Crippen molar-refractivity contribution >= 4 is 35.1 Å². The molecular weight excluding hydrogens is 477 g/mol. The lowest BCUT2D eigenvalue weighted by Gasteiger charge is -2.16. The quantitative estimate of drug-likeness (QED) is 0.397. The Morgan fingerprint density at radius 1 is 0.917 bits per heavy atom. The summed E-state index contributed by atoms with van der Waals surface area (Å²) in [5, 5.41) is 2.27. The first kappa shape index (κ1) is 24.6. The average Bonchev–Trinajstić information content (AvgIpc) is 3.08. The molecule has 1 aliphatic rings. The standard InChI is InChI=1S/C26H19F3N2O5/c1-14-6-3-4-9-21(14)31-23(33)19-11-10-16(12-20(19)24(31)34)25(35)36-15(2)22(32)30-18-8-5-7-17(13-18)26(27,28)29/h3-13,15H,1-2H3,(H,30,32). The van der Waals surface area contributed by atoms with Gasteiger partial charge in [-0.1, -0.05) is 24.3 Å². The number of esters is 1. The number of benzene rings is 3. The number of nitrogens with zero attached hydrogens (tertiary/aromatic N) is 1. The molecule has 0 aromatic heterocycles. The molecule has 1 atom stereocenters. The van der Waals surface area contributed by atoms with Crippen LogP contribution in [0, 0.1) is 6.92 Å². The smallest absolute Gasteiger partial charge is 0.416 e. The molecule has 0 saturated carbocycles. The van der Waals surface area contributed by atoms with E-state index in [4.69, 9.17) is 4.74 Å². The Morgan fingerprint density at radius 3 is 2.31 bits per heavy atom. The van der Waals surface area contributed by atoms with Crippen molar-refractivity contribution in [3.8, 4) is 0 Å². The highest BCUT2D eigenvalue weighted by Crippen LogP contribution is 2.32. The van der Waals surface area contributed by atoms with E-state index in [1.807, 2.05) is 0 Å². The fourth-order valence-electron chi connectivity index (χ4n) is 3.70. The van der Waals surface area contributed by atoms with E-state index < -0.39 is 41.5 Å². The number of carbonyl (C=O) groups excluding carboxylic acids is 4. The highest BCUT2D eigenvalue weighted by atomic mass is 19.4. The third kappa shape index (κ3) is 4.70. The van der Waals surface area contributed by atoms with Crippen LogP contribution in [0.4, 0.5) is 24.5 Å². The zero-order valence-corrected chi connectivity index (χ0v) is 19.1. The fraction of sp³-hybridized carbons (Fsp3) is 0.154. The number of anilines is 2. The van der Waals surface area contributed by atoms with Crippen LogP contribution in [-0.4, -0.2) is 29.8 Å². The number of rotatable bonds is 5. The monoisotopic (exact) mass is 496 g/mol. The maximum absolute atomic E-state index is 13.0. The van der Waals surface area contributed by atoms with Gasteiger partial charge in [0.2, 0.25) is 0 Å². The van der Waals surface area contributed by atoms with Gasteiger partial charge >= 0.3 is 12.1 Å². The van der Waals surface area contributed by atoms with Crippen LogP contribution in [0.1, 0.15) is 49.1 Å². The lowest BCUT2D eigenvalue weighted by Crippen LogP contribution is -2.30. The number of alkyl halides is 3. The molecule has 1 N–H and O–H groups in total. The number of amides is 3. The van der Waals surface area contributed by atoms with Gasteiger partial charge in [-0.3, -0.25) is 14.4 Å². The van der Waals surface area contributed by atoms with Crippen molar-refractivity contribution in [1.29, 1.82) is 0 Å². The third-order valence-electron chi connectivity index (χ3n) is 5.59. The molecule has 1 heterocycles. The molecule has 3 aromatic rings. The van der Waals surface area contributed by atoms with E-state index in [9.17, 15) is 32.3 Å². The number of nitrogens with one attached hydrogen (secondary N) is 1. The Bertz CT molecular complexity index is 1400. The van der Waals surface area contributed by atoms with Crippen LogP contribution in [0.15, 0.2) is 66.7 Å². The second-order valence-electron chi connectivity index (χ2n) is 8.11. The van der Waals surface area contributed by atoms with Gasteiger partial charge in [-0.25, -0.2) is 9.69 Å². The van der Waals surface area contributed by atoms with E-state index in [1.54, 1.807) is 31.2 Å². The van der Waals surface area contributed by atoms with Crippen LogP contribution in [-0.2, 0) is 15.7 Å². The number of hydrogen-bond acceptors (Lipinski definition) is 5. The minimum Gasteiger partial charge on any atom is -0.449 e. The third-order valence-corrected chi connectivity index (χ3v) is 5.59. The number of carbonyl (C=O) groups is 4. The first-order chi connectivity index (χ1) is 17.0. The first-order valence-electron chi connectivity index (χ1n) is 10.7. The normalized spacial score (nSPS) is 13.9. The second kappa shape index (κ2) is 9.29. The highest BCUT2D eigenvalue weighted by molar-refractivity contribution is 6.35. The SMILES string of the molecule is Cc1ccccc1N1C(=O)c2ccc(C(=O)OC(C)C(=O)Nc3cccc(C(F)(F)F)c3)cc2C1=O. The largest absolute Gasteiger partial charge is 0.449 e. The van der Waals surface area contributed by atoms with E-state index in [-0.39, 0.29) is 22.4 Å². The molecule has 36 heavy (non-hydrogen) atoms. The van der Waals surface area contributed by atoms with Gasteiger partial charge in [0.15, 0.2) is 6.10 Å². The molecule has 0 fully saturated rings. The molecule has 7 nitrogen and oxygen atoms in total. The van der Waals surface area contributed by atoms with E-state index in [0.717, 1.165) is 23.1 Å². The number of hydrogen-bond donors (Lipinski definition) is 1. The summed E-state index contributed by atoms with van der Waals surface area (Å²) < 4.78 is 43.8. The fourth-order valence-corrected chi connectivity index (χ4v) is 3.70. The summed E-state index contributed by atoms with van der Waals surface area (Å²) in [6.07, 6.45) is -5.94. The van der Waals surface area contributed by atoms with Gasteiger partial charge < -0.3 is 10.1 Å². The Kier molecular flexibility index (Phi) is 6.36. The Morgan fingerprint density at radius 2 is 1.61 bits per heavy atom. The zero-order valence-electron chi connectivity index (χ0n) is 19.1. The Hall–Kier alpha value is -4.47. The number of halogens is 3. The minimum atomic E-state index is -4.58. The summed E-state index contributed by atoms with van der Waals surface area (Å²) in [6, 6.07) is 14.7. The number of imide groups is 1. The van der Waals surface area contributed by atoms with Crippen molar-refractivity contribution in [3.63, 3.8) is 0 Å². The molecule has 1 aliphatic heterocycles. The van der Waals surface area contributed by atoms with Crippen molar-refractivity contribution in [3.05, 3.63) is 94.5 Å². The van der Waals surface area contributed by atoms with Crippen LogP contribution < -0.4 is 10.2 Å². The van der Waals surface area contributed by atoms with Gasteiger partial charge in [-0.2, -0.15) is 13.2 Å². The van der Waals surface area contributed by atoms with Gasteiger partial charge in [0.05, 0.1) is 27.9 Å². The van der Waals surface area contributed by atoms with Crippen LogP contribution in [0.3, 0.4) is 0 Å². The molecular formula is C26H19F3N2O5. The molecule has 0 spiro atoms. The van der Waals surface area contributed by atoms with Gasteiger partial charge in [0.1, 0.15) is 0 Å². The van der Waals surface area contributed by atoms with E-state index >= 15 is 0 Å². The molecule has 0 saturated heterocycles. The predicted molar refractivity (Wildman–Crippen MR) is 124 cm³/mol. The van der Waals surface area contributed by atoms with Crippen molar-refractivity contribution in [2.24, 2.45) is 0 Å². The molecule has 10 heteroatoms. The molecule has 0 bridgehead atoms. The first-order valence-corrected chi connectivity index (χ1v) is 10.7. The summed E-state index contributed by atoms with van der Waals surface area (Å²) in [4.78, 5) is 51.8. The lowest BCUT2D eigenvalue weighted by molar-refractivity contribution is -0.137. The molecule has 184 valence electrons. The second-order valence-corrected chi connectivity index (χ2v) is 8.11. The summed E-state index contributed by atoms with van der Waals surface area (Å²) in [5.74, 6) is -2.92. The lowest BCUT2D eigenvalue weighted by atomic mass is 10.1. The van der Waals surface area contributed by atoms with Crippen LogP contribution in [0.5, 0.6) is 0 Å². The zero-order chi connectivity index (χ0) is 26.2. The van der Waals surface area contributed by atoms with Crippen molar-refractivity contribution < 1.29 is 37.1 Å². The number of para-hydroxylation sites is 1. The highest BCUT2D eigenvalue weighted by Gasteiger charge is 2.38. The summed E-state index contributed by atoms with van der Waals surface area (Å²) in [7, 11) is 0. The van der Waals surface area contributed by atoms with Crippen molar-refractivity contribution in [1.82, 2.24) is 0 Å². The van der Waals surface area contributed by atoms with Gasteiger partial charge in [0.25, 0.3) is 17.7 Å². The Labute approximate surface area is 203 Å². The van der Waals surface area contributed by atoms with Crippen LogP contribution >= 0.6 is 0 Å². The van der Waals surface area contributed by atoms with Crippen LogP contribution in [0.2, 0.25) is 0 Å². The molecule has 3 amide bonds. The predicted octanol–water partition coefficient (Wildman–Crippen LogP) is 5.00. The number of aryl methyl sites for hydroxylation is 1. The topological polar surface area (TPSA) is 92.8 Å². The number of fused-ring (bicyclic) bond motifs is 1. The van der Waals surface area contributed by atoms with Crippen LogP contribution in [0.25, 0.3) is 0 Å². The maximum atomic E-state index is 13.0. The van der Waals surface area contributed by atoms with E-state index in [2.05, 4.69) is 5.32 Å². The van der Waals surface area contributed by atoms with Gasteiger partial charge in [-0.05, 0) is 61.9 Å².